The molecule has 0 heterocycles. The van der Waals surface area contributed by atoms with Crippen LogP contribution in [0.15, 0.2) is 48.6 Å². The molecule has 0 aliphatic heterocycles. The lowest BCUT2D eigenvalue weighted by Gasteiger charge is -2.18. The number of hydrogen-bond donors (Lipinski definition) is 0. The molecule has 0 aromatic carbocycles. The van der Waals surface area contributed by atoms with Crippen LogP contribution in [0.2, 0.25) is 0 Å². The SMILES string of the molecule is CCCCC/C=C\C/C=C\C/C=C\CCCCCCCCC(=O)OCC(COCCCCCCCCCCCCCC)OC(=O)CCCCCCCCCCC/C=C\CCCCCCCC. The number of hydrogen-bond acceptors (Lipinski definition) is 5. The van der Waals surface area contributed by atoms with Crippen molar-refractivity contribution in [3.05, 3.63) is 48.6 Å². The lowest BCUT2D eigenvalue weighted by molar-refractivity contribution is -0.163. The third-order valence-electron chi connectivity index (χ3n) is 12.8. The number of carbonyl (C=O) groups is 2. The number of unbranched alkanes of at least 4 members (excludes halogenated alkanes) is 35. The molecule has 0 fully saturated rings. The van der Waals surface area contributed by atoms with E-state index in [9.17, 15) is 9.59 Å². The van der Waals surface area contributed by atoms with Gasteiger partial charge in [0.05, 0.1) is 6.61 Å². The predicted molar refractivity (Wildman–Crippen MR) is 288 cm³/mol. The Balaban J connectivity index is 4.23. The van der Waals surface area contributed by atoms with Crippen molar-refractivity contribution in [2.45, 2.75) is 309 Å². The zero-order valence-electron chi connectivity index (χ0n) is 44.5. The summed E-state index contributed by atoms with van der Waals surface area (Å²) in [4.78, 5) is 25.5. The van der Waals surface area contributed by atoms with E-state index >= 15 is 0 Å². The molecule has 0 amide bonds. The first-order valence-electron chi connectivity index (χ1n) is 29.2. The average molecular weight is 926 g/mol. The summed E-state index contributed by atoms with van der Waals surface area (Å²) < 4.78 is 17.5. The van der Waals surface area contributed by atoms with E-state index in [0.29, 0.717) is 19.4 Å². The molecule has 0 aliphatic rings. The number of allylic oxidation sites excluding steroid dienone is 8. The van der Waals surface area contributed by atoms with Gasteiger partial charge in [0.1, 0.15) is 6.61 Å². The van der Waals surface area contributed by atoms with Crippen molar-refractivity contribution < 1.29 is 23.8 Å². The van der Waals surface area contributed by atoms with Crippen LogP contribution >= 0.6 is 0 Å². The Morgan fingerprint density at radius 2 is 0.636 bits per heavy atom. The molecule has 0 saturated carbocycles. The summed E-state index contributed by atoms with van der Waals surface area (Å²) in [5.41, 5.74) is 0. The molecule has 0 spiro atoms. The summed E-state index contributed by atoms with van der Waals surface area (Å²) in [5, 5.41) is 0. The van der Waals surface area contributed by atoms with Crippen LogP contribution in [0.5, 0.6) is 0 Å². The Morgan fingerprint density at radius 3 is 1.06 bits per heavy atom. The highest BCUT2D eigenvalue weighted by Gasteiger charge is 2.17. The second-order valence-electron chi connectivity index (χ2n) is 19.5. The number of rotatable bonds is 54. The highest BCUT2D eigenvalue weighted by Crippen LogP contribution is 2.16. The highest BCUT2D eigenvalue weighted by molar-refractivity contribution is 5.70. The van der Waals surface area contributed by atoms with Crippen LogP contribution in [0.3, 0.4) is 0 Å². The monoisotopic (exact) mass is 925 g/mol. The maximum Gasteiger partial charge on any atom is 0.306 e. The molecule has 1 unspecified atom stereocenters. The van der Waals surface area contributed by atoms with Crippen LogP contribution < -0.4 is 0 Å². The van der Waals surface area contributed by atoms with E-state index in [2.05, 4.69) is 69.4 Å². The summed E-state index contributed by atoms with van der Waals surface area (Å²) in [6.45, 7) is 7.83. The van der Waals surface area contributed by atoms with E-state index in [1.54, 1.807) is 0 Å². The summed E-state index contributed by atoms with van der Waals surface area (Å²) in [6.07, 6.45) is 71.3. The van der Waals surface area contributed by atoms with E-state index in [1.807, 2.05) is 0 Å². The van der Waals surface area contributed by atoms with Crippen LogP contribution in [-0.4, -0.2) is 37.9 Å². The molecule has 5 heteroatoms. The van der Waals surface area contributed by atoms with Crippen molar-refractivity contribution in [2.75, 3.05) is 19.8 Å². The summed E-state index contributed by atoms with van der Waals surface area (Å²) in [5.74, 6) is -0.398. The fraction of sp³-hybridized carbons (Fsp3) is 0.836. The fourth-order valence-electron chi connectivity index (χ4n) is 8.45. The quantitative estimate of drug-likeness (QED) is 0.0345. The van der Waals surface area contributed by atoms with Gasteiger partial charge in [-0.2, -0.15) is 0 Å². The Morgan fingerprint density at radius 1 is 0.333 bits per heavy atom. The standard InChI is InChI=1S/C61H112O5/c1-4-7-10-13-16-19-22-25-27-29-31-33-35-37-39-42-45-48-51-54-60(62)65-58-59(57-64-56-53-50-47-44-41-24-21-18-15-12-9-6-3)66-61(63)55-52-49-46-43-40-38-36-34-32-30-28-26-23-20-17-14-11-8-5-2/h16,19,25-28,31,33,59H,4-15,17-18,20-24,29-30,32,34-58H2,1-3H3/b19-16-,27-25-,28-26-,33-31-. The summed E-state index contributed by atoms with van der Waals surface area (Å²) in [7, 11) is 0. The Bertz CT molecular complexity index is 1090. The van der Waals surface area contributed by atoms with Crippen LogP contribution in [0.25, 0.3) is 0 Å². The van der Waals surface area contributed by atoms with Crippen molar-refractivity contribution in [3.63, 3.8) is 0 Å². The van der Waals surface area contributed by atoms with Gasteiger partial charge in [0.15, 0.2) is 6.10 Å². The minimum atomic E-state index is -0.540. The minimum absolute atomic E-state index is 0.0813. The lowest BCUT2D eigenvalue weighted by Crippen LogP contribution is -2.30. The van der Waals surface area contributed by atoms with Crippen molar-refractivity contribution in [3.8, 4) is 0 Å². The summed E-state index contributed by atoms with van der Waals surface area (Å²) >= 11 is 0. The van der Waals surface area contributed by atoms with Crippen molar-refractivity contribution in [1.82, 2.24) is 0 Å². The fourth-order valence-corrected chi connectivity index (χ4v) is 8.45. The molecule has 0 radical (unpaired) electrons. The Hall–Kier alpha value is -2.14. The zero-order chi connectivity index (χ0) is 47.7. The normalized spacial score (nSPS) is 12.5. The molecule has 0 aromatic heterocycles. The molecule has 0 saturated heterocycles. The van der Waals surface area contributed by atoms with Gasteiger partial charge in [-0.05, 0) is 83.5 Å². The molecule has 5 nitrogen and oxygen atoms in total. The second-order valence-corrected chi connectivity index (χ2v) is 19.5. The molecular weight excluding hydrogens is 813 g/mol. The number of esters is 2. The van der Waals surface area contributed by atoms with Crippen LogP contribution in [0.1, 0.15) is 303 Å². The molecule has 0 bridgehead atoms. The number of ether oxygens (including phenoxy) is 3. The lowest BCUT2D eigenvalue weighted by atomic mass is 10.1. The van der Waals surface area contributed by atoms with Gasteiger partial charge in [0.2, 0.25) is 0 Å². The topological polar surface area (TPSA) is 61.8 Å². The van der Waals surface area contributed by atoms with Gasteiger partial charge in [-0.3, -0.25) is 9.59 Å². The van der Waals surface area contributed by atoms with E-state index < -0.39 is 6.10 Å². The molecule has 386 valence electrons. The van der Waals surface area contributed by atoms with Gasteiger partial charge in [-0.1, -0.05) is 256 Å². The third kappa shape index (κ3) is 54.5. The maximum absolute atomic E-state index is 12.9. The van der Waals surface area contributed by atoms with E-state index in [0.717, 1.165) is 57.8 Å². The maximum atomic E-state index is 12.9. The first-order valence-corrected chi connectivity index (χ1v) is 29.2. The second kappa shape index (κ2) is 57.2. The molecule has 66 heavy (non-hydrogen) atoms. The Labute approximate surface area is 412 Å². The summed E-state index contributed by atoms with van der Waals surface area (Å²) in [6, 6.07) is 0. The van der Waals surface area contributed by atoms with Crippen molar-refractivity contribution in [2.24, 2.45) is 0 Å². The van der Waals surface area contributed by atoms with Gasteiger partial charge >= 0.3 is 11.9 Å². The van der Waals surface area contributed by atoms with Crippen LogP contribution in [0.4, 0.5) is 0 Å². The molecule has 1 atom stereocenters. The smallest absolute Gasteiger partial charge is 0.306 e. The molecule has 0 aromatic rings. The van der Waals surface area contributed by atoms with Gasteiger partial charge < -0.3 is 14.2 Å². The van der Waals surface area contributed by atoms with Crippen molar-refractivity contribution >= 4 is 11.9 Å². The minimum Gasteiger partial charge on any atom is -0.462 e. The first-order chi connectivity index (χ1) is 32.6. The van der Waals surface area contributed by atoms with Gasteiger partial charge in [-0.25, -0.2) is 0 Å². The molecule has 0 aliphatic carbocycles. The highest BCUT2D eigenvalue weighted by atomic mass is 16.6. The molecule has 0 rings (SSSR count). The van der Waals surface area contributed by atoms with E-state index in [4.69, 9.17) is 14.2 Å². The molecule has 0 N–H and O–H groups in total. The van der Waals surface area contributed by atoms with Gasteiger partial charge in [0, 0.05) is 19.4 Å². The molecular formula is C61H112O5. The average Bonchev–Trinajstić information content (AvgIpc) is 3.32. The van der Waals surface area contributed by atoms with E-state index in [-0.39, 0.29) is 25.2 Å². The third-order valence-corrected chi connectivity index (χ3v) is 12.8. The Kier molecular flexibility index (Phi) is 55.3. The first kappa shape index (κ1) is 63.9. The van der Waals surface area contributed by atoms with Crippen LogP contribution in [-0.2, 0) is 23.8 Å². The zero-order valence-corrected chi connectivity index (χ0v) is 44.5. The largest absolute Gasteiger partial charge is 0.462 e. The number of carbonyl (C=O) groups excluding carboxylic acids is 2. The van der Waals surface area contributed by atoms with Crippen molar-refractivity contribution in [1.29, 1.82) is 0 Å². The van der Waals surface area contributed by atoms with Gasteiger partial charge in [0.25, 0.3) is 0 Å². The van der Waals surface area contributed by atoms with E-state index in [1.165, 1.54) is 212 Å². The predicted octanol–water partition coefficient (Wildman–Crippen LogP) is 19.9. The van der Waals surface area contributed by atoms with Gasteiger partial charge in [-0.15, -0.1) is 0 Å². The van der Waals surface area contributed by atoms with Crippen LogP contribution in [0, 0.1) is 0 Å².